The van der Waals surface area contributed by atoms with Crippen molar-refractivity contribution >= 4 is 17.7 Å². The van der Waals surface area contributed by atoms with Crippen LogP contribution in [0.15, 0.2) is 24.3 Å². The van der Waals surface area contributed by atoms with E-state index in [2.05, 4.69) is 5.32 Å². The molecule has 0 saturated carbocycles. The van der Waals surface area contributed by atoms with Gasteiger partial charge in [0.25, 0.3) is 0 Å². The summed E-state index contributed by atoms with van der Waals surface area (Å²) in [5.41, 5.74) is 0.619. The summed E-state index contributed by atoms with van der Waals surface area (Å²) in [6, 6.07) is 6.43. The molecule has 0 spiro atoms. The number of aliphatic carboxylic acids is 1. The molecule has 2 amide bonds. The lowest BCUT2D eigenvalue weighted by molar-refractivity contribution is -0.139. The number of likely N-dealkylation sites (N-methyl/N-ethyl adjacent to an activating group) is 1. The number of anilines is 1. The molecule has 0 aliphatic carbocycles. The Bertz CT molecular complexity index is 497. The third-order valence-electron chi connectivity index (χ3n) is 3.24. The fourth-order valence-electron chi connectivity index (χ4n) is 1.98. The molecule has 0 bridgehead atoms. The summed E-state index contributed by atoms with van der Waals surface area (Å²) >= 11 is 0. The molecule has 1 atom stereocenters. The number of carboxylic acid groups (broad SMARTS) is 1. The van der Waals surface area contributed by atoms with Crippen LogP contribution in [-0.4, -0.2) is 54.9 Å². The van der Waals surface area contributed by atoms with Crippen LogP contribution in [0.1, 0.15) is 6.42 Å². The molecule has 2 rings (SSSR count). The highest BCUT2D eigenvalue weighted by Gasteiger charge is 2.24. The van der Waals surface area contributed by atoms with Crippen LogP contribution in [0, 0.1) is 0 Å². The lowest BCUT2D eigenvalue weighted by atomic mass is 10.2. The Kier molecular flexibility index (Phi) is 4.99. The standard InChI is InChI=1S/C14H18N2O5/c1-16(11-6-7-20-8-11)14(19)15-10-2-4-12(5-3-10)21-9-13(17)18/h2-5,11H,6-9H2,1H3,(H,15,19)(H,17,18). The SMILES string of the molecule is CN(C(=O)Nc1ccc(OCC(=O)O)cc1)C1CCOC1. The number of amides is 2. The Labute approximate surface area is 122 Å². The maximum absolute atomic E-state index is 12.0. The molecule has 0 aromatic heterocycles. The van der Waals surface area contributed by atoms with Crippen LogP contribution in [0.3, 0.4) is 0 Å². The van der Waals surface area contributed by atoms with E-state index in [0.717, 1.165) is 6.42 Å². The van der Waals surface area contributed by atoms with Gasteiger partial charge in [-0.05, 0) is 30.7 Å². The van der Waals surface area contributed by atoms with E-state index in [-0.39, 0.29) is 12.1 Å². The fraction of sp³-hybridized carbons (Fsp3) is 0.429. The zero-order valence-corrected chi connectivity index (χ0v) is 11.7. The van der Waals surface area contributed by atoms with Crippen LogP contribution < -0.4 is 10.1 Å². The van der Waals surface area contributed by atoms with E-state index in [4.69, 9.17) is 14.6 Å². The predicted octanol–water partition coefficient (Wildman–Crippen LogP) is 1.40. The van der Waals surface area contributed by atoms with Crippen LogP contribution in [0.5, 0.6) is 5.75 Å². The van der Waals surface area contributed by atoms with E-state index in [1.165, 1.54) is 0 Å². The van der Waals surface area contributed by atoms with Gasteiger partial charge in [-0.3, -0.25) is 0 Å². The van der Waals surface area contributed by atoms with Crippen LogP contribution in [0.4, 0.5) is 10.5 Å². The highest BCUT2D eigenvalue weighted by molar-refractivity contribution is 5.89. The van der Waals surface area contributed by atoms with E-state index >= 15 is 0 Å². The molecule has 7 nitrogen and oxygen atoms in total. The van der Waals surface area contributed by atoms with Gasteiger partial charge in [-0.25, -0.2) is 9.59 Å². The first kappa shape index (κ1) is 15.1. The van der Waals surface area contributed by atoms with Gasteiger partial charge in [-0.2, -0.15) is 0 Å². The Morgan fingerprint density at radius 3 is 2.71 bits per heavy atom. The van der Waals surface area contributed by atoms with Gasteiger partial charge < -0.3 is 24.8 Å². The van der Waals surface area contributed by atoms with Crippen LogP contribution >= 0.6 is 0 Å². The van der Waals surface area contributed by atoms with Gasteiger partial charge in [0.2, 0.25) is 0 Å². The van der Waals surface area contributed by atoms with Crippen LogP contribution in [0.2, 0.25) is 0 Å². The third kappa shape index (κ3) is 4.35. The summed E-state index contributed by atoms with van der Waals surface area (Å²) in [5, 5.41) is 11.3. The van der Waals surface area contributed by atoms with Crippen molar-refractivity contribution in [3.8, 4) is 5.75 Å². The second-order valence-electron chi connectivity index (χ2n) is 4.77. The smallest absolute Gasteiger partial charge is 0.341 e. The van der Waals surface area contributed by atoms with Gasteiger partial charge >= 0.3 is 12.0 Å². The van der Waals surface area contributed by atoms with Gasteiger partial charge in [0.05, 0.1) is 12.6 Å². The summed E-state index contributed by atoms with van der Waals surface area (Å²) in [6.07, 6.45) is 0.839. The Morgan fingerprint density at radius 2 is 2.14 bits per heavy atom. The first-order chi connectivity index (χ1) is 10.1. The molecule has 1 aromatic rings. The number of benzene rings is 1. The number of carbonyl (C=O) groups excluding carboxylic acids is 1. The lowest BCUT2D eigenvalue weighted by Gasteiger charge is -2.23. The Hall–Kier alpha value is -2.28. The molecule has 0 radical (unpaired) electrons. The van der Waals surface area contributed by atoms with Crippen molar-refractivity contribution in [3.05, 3.63) is 24.3 Å². The Morgan fingerprint density at radius 1 is 1.43 bits per heavy atom. The number of nitrogens with one attached hydrogen (secondary N) is 1. The van der Waals surface area contributed by atoms with Crippen LogP contribution in [-0.2, 0) is 9.53 Å². The maximum atomic E-state index is 12.0. The van der Waals surface area contributed by atoms with Gasteiger partial charge in [0.15, 0.2) is 6.61 Å². The zero-order valence-electron chi connectivity index (χ0n) is 11.7. The van der Waals surface area contributed by atoms with E-state index in [0.29, 0.717) is 24.7 Å². The normalized spacial score (nSPS) is 17.3. The number of urea groups is 1. The number of nitrogens with zero attached hydrogens (tertiary/aromatic N) is 1. The average molecular weight is 294 g/mol. The topological polar surface area (TPSA) is 88.1 Å². The molecular formula is C14H18N2O5. The van der Waals surface area contributed by atoms with Crippen molar-refractivity contribution in [2.24, 2.45) is 0 Å². The molecule has 1 aromatic carbocycles. The summed E-state index contributed by atoms with van der Waals surface area (Å²) in [4.78, 5) is 24.1. The first-order valence-corrected chi connectivity index (χ1v) is 6.62. The molecule has 1 aliphatic rings. The molecule has 1 heterocycles. The number of carboxylic acids is 1. The molecule has 1 fully saturated rings. The van der Waals surface area contributed by atoms with E-state index < -0.39 is 12.6 Å². The van der Waals surface area contributed by atoms with Gasteiger partial charge in [0.1, 0.15) is 5.75 Å². The monoisotopic (exact) mass is 294 g/mol. The third-order valence-corrected chi connectivity index (χ3v) is 3.24. The summed E-state index contributed by atoms with van der Waals surface area (Å²) in [7, 11) is 1.74. The number of hydrogen-bond acceptors (Lipinski definition) is 4. The highest BCUT2D eigenvalue weighted by atomic mass is 16.5. The number of hydrogen-bond donors (Lipinski definition) is 2. The highest BCUT2D eigenvalue weighted by Crippen LogP contribution is 2.17. The van der Waals surface area contributed by atoms with E-state index in [1.54, 1.807) is 36.2 Å². The minimum Gasteiger partial charge on any atom is -0.482 e. The molecule has 1 aliphatic heterocycles. The minimum absolute atomic E-state index is 0.100. The molecule has 1 unspecified atom stereocenters. The van der Waals surface area contributed by atoms with Gasteiger partial charge in [-0.1, -0.05) is 0 Å². The fourth-order valence-corrected chi connectivity index (χ4v) is 1.98. The Balaban J connectivity index is 1.87. The zero-order chi connectivity index (χ0) is 15.2. The van der Waals surface area contributed by atoms with Crippen molar-refractivity contribution in [1.29, 1.82) is 0 Å². The van der Waals surface area contributed by atoms with Crippen molar-refractivity contribution < 1.29 is 24.2 Å². The lowest BCUT2D eigenvalue weighted by Crippen LogP contribution is -2.40. The van der Waals surface area contributed by atoms with Crippen molar-refractivity contribution in [1.82, 2.24) is 4.90 Å². The van der Waals surface area contributed by atoms with E-state index in [1.807, 2.05) is 0 Å². The van der Waals surface area contributed by atoms with Crippen molar-refractivity contribution in [2.45, 2.75) is 12.5 Å². The number of rotatable bonds is 5. The molecule has 7 heteroatoms. The van der Waals surface area contributed by atoms with Gasteiger partial charge in [0, 0.05) is 19.3 Å². The summed E-state index contributed by atoms with van der Waals surface area (Å²) in [5.74, 6) is -0.597. The largest absolute Gasteiger partial charge is 0.482 e. The number of carbonyl (C=O) groups is 2. The van der Waals surface area contributed by atoms with Gasteiger partial charge in [-0.15, -0.1) is 0 Å². The quantitative estimate of drug-likeness (QED) is 0.857. The first-order valence-electron chi connectivity index (χ1n) is 6.62. The van der Waals surface area contributed by atoms with E-state index in [9.17, 15) is 9.59 Å². The molecule has 21 heavy (non-hydrogen) atoms. The molecule has 2 N–H and O–H groups in total. The summed E-state index contributed by atoms with van der Waals surface area (Å²) < 4.78 is 10.3. The summed E-state index contributed by atoms with van der Waals surface area (Å²) in [6.45, 7) is 0.847. The number of ether oxygens (including phenoxy) is 2. The average Bonchev–Trinajstić information content (AvgIpc) is 2.99. The second kappa shape index (κ2) is 6.94. The van der Waals surface area contributed by atoms with Crippen LogP contribution in [0.25, 0.3) is 0 Å². The van der Waals surface area contributed by atoms with Crippen molar-refractivity contribution in [2.75, 3.05) is 32.2 Å². The predicted molar refractivity (Wildman–Crippen MR) is 75.6 cm³/mol. The maximum Gasteiger partial charge on any atom is 0.341 e. The molecule has 1 saturated heterocycles. The minimum atomic E-state index is -1.03. The molecular weight excluding hydrogens is 276 g/mol. The second-order valence-corrected chi connectivity index (χ2v) is 4.77. The van der Waals surface area contributed by atoms with Crippen molar-refractivity contribution in [3.63, 3.8) is 0 Å². The molecule has 114 valence electrons.